The molecule has 2 aromatic heterocycles. The molecule has 0 unspecified atom stereocenters. The van der Waals surface area contributed by atoms with E-state index in [1.165, 1.54) is 6.39 Å². The predicted molar refractivity (Wildman–Crippen MR) is 76.0 cm³/mol. The van der Waals surface area contributed by atoms with Crippen molar-refractivity contribution in [2.24, 2.45) is 0 Å². The van der Waals surface area contributed by atoms with Gasteiger partial charge >= 0.3 is 0 Å². The van der Waals surface area contributed by atoms with Gasteiger partial charge in [-0.15, -0.1) is 10.2 Å². The average Bonchev–Trinajstić information content (AvgIpc) is 3.04. The summed E-state index contributed by atoms with van der Waals surface area (Å²) in [5.74, 6) is 0.639. The third-order valence-corrected chi connectivity index (χ3v) is 2.52. The normalized spacial score (nSPS) is 9.70. The van der Waals surface area contributed by atoms with Crippen molar-refractivity contribution >= 4 is 0 Å². The fourth-order valence-corrected chi connectivity index (χ4v) is 1.70. The summed E-state index contributed by atoms with van der Waals surface area (Å²) in [7, 11) is 0. The highest BCUT2D eigenvalue weighted by molar-refractivity contribution is 5.69. The van der Waals surface area contributed by atoms with E-state index in [-0.39, 0.29) is 5.75 Å². The second-order valence-electron chi connectivity index (χ2n) is 3.76. The molecule has 3 rings (SSSR count). The molecule has 2 heterocycles. The van der Waals surface area contributed by atoms with E-state index in [2.05, 4.69) is 15.2 Å². The Morgan fingerprint density at radius 2 is 1.80 bits per heavy atom. The summed E-state index contributed by atoms with van der Waals surface area (Å²) in [4.78, 5) is 4.14. The largest absolute Gasteiger partial charge is 0.508 e. The van der Waals surface area contributed by atoms with Crippen molar-refractivity contribution in [2.45, 2.75) is 13.8 Å². The molecule has 0 saturated carbocycles. The van der Waals surface area contributed by atoms with E-state index < -0.39 is 0 Å². The van der Waals surface area contributed by atoms with E-state index in [1.54, 1.807) is 30.6 Å². The van der Waals surface area contributed by atoms with Gasteiger partial charge in [0.05, 0.1) is 5.56 Å². The first-order chi connectivity index (χ1) is 9.83. The van der Waals surface area contributed by atoms with Crippen LogP contribution in [-0.2, 0) is 0 Å². The Bertz CT molecular complexity index is 666. The van der Waals surface area contributed by atoms with Gasteiger partial charge in [-0.1, -0.05) is 26.0 Å². The monoisotopic (exact) mass is 269 g/mol. The molecule has 0 atom stereocenters. The van der Waals surface area contributed by atoms with Crippen molar-refractivity contribution in [1.29, 1.82) is 0 Å². The number of hydrogen-bond acceptors (Lipinski definition) is 5. The molecule has 0 amide bonds. The predicted octanol–water partition coefficient (Wildman–Crippen LogP) is 3.53. The van der Waals surface area contributed by atoms with Crippen LogP contribution in [0, 0.1) is 0 Å². The molecular formula is C15H15N3O2. The van der Waals surface area contributed by atoms with Crippen LogP contribution in [0.4, 0.5) is 0 Å². The summed E-state index contributed by atoms with van der Waals surface area (Å²) in [6.45, 7) is 4.00. The van der Waals surface area contributed by atoms with Crippen molar-refractivity contribution in [1.82, 2.24) is 15.2 Å². The fraction of sp³-hybridized carbons (Fsp3) is 0.133. The number of hydrogen-bond donors (Lipinski definition) is 1. The third kappa shape index (κ3) is 3.00. The first kappa shape index (κ1) is 13.7. The SMILES string of the molecule is CC.Oc1cccc(-c2cncc(-c3nnco3)c2)c1. The van der Waals surface area contributed by atoms with Crippen LogP contribution in [0.15, 0.2) is 53.5 Å². The zero-order chi connectivity index (χ0) is 14.4. The quantitative estimate of drug-likeness (QED) is 0.770. The maximum Gasteiger partial charge on any atom is 0.249 e. The number of rotatable bonds is 2. The third-order valence-electron chi connectivity index (χ3n) is 2.52. The molecule has 102 valence electrons. The number of aromatic nitrogens is 3. The molecule has 20 heavy (non-hydrogen) atoms. The van der Waals surface area contributed by atoms with Gasteiger partial charge in [-0.3, -0.25) is 4.98 Å². The molecule has 0 spiro atoms. The summed E-state index contributed by atoms with van der Waals surface area (Å²) in [5, 5.41) is 16.9. The van der Waals surface area contributed by atoms with Crippen LogP contribution in [0.3, 0.4) is 0 Å². The van der Waals surface area contributed by atoms with Gasteiger partial charge in [0, 0.05) is 18.0 Å². The first-order valence-electron chi connectivity index (χ1n) is 6.34. The standard InChI is InChI=1S/C13H9N3O2.C2H6/c17-12-3-1-2-9(5-12)10-4-11(7-14-6-10)13-16-15-8-18-13;1-2/h1-8,17H;1-2H3. The minimum atomic E-state index is 0.218. The topological polar surface area (TPSA) is 72.0 Å². The molecule has 3 aromatic rings. The van der Waals surface area contributed by atoms with Crippen LogP contribution in [0.5, 0.6) is 5.75 Å². The van der Waals surface area contributed by atoms with Crippen LogP contribution >= 0.6 is 0 Å². The molecule has 5 heteroatoms. The Kier molecular flexibility index (Phi) is 4.44. The van der Waals surface area contributed by atoms with E-state index in [4.69, 9.17) is 4.42 Å². The van der Waals surface area contributed by atoms with E-state index in [0.717, 1.165) is 16.7 Å². The van der Waals surface area contributed by atoms with E-state index in [9.17, 15) is 5.11 Å². The van der Waals surface area contributed by atoms with Crippen molar-refractivity contribution < 1.29 is 9.52 Å². The Balaban J connectivity index is 0.000000704. The Hall–Kier alpha value is -2.69. The molecule has 1 aromatic carbocycles. The second kappa shape index (κ2) is 6.47. The van der Waals surface area contributed by atoms with Gasteiger partial charge < -0.3 is 9.52 Å². The van der Waals surface area contributed by atoms with Crippen LogP contribution in [0.25, 0.3) is 22.6 Å². The zero-order valence-electron chi connectivity index (χ0n) is 11.3. The Labute approximate surface area is 116 Å². The average molecular weight is 269 g/mol. The van der Waals surface area contributed by atoms with Crippen LogP contribution in [-0.4, -0.2) is 20.3 Å². The smallest absolute Gasteiger partial charge is 0.249 e. The molecular weight excluding hydrogens is 254 g/mol. The molecule has 0 aliphatic heterocycles. The van der Waals surface area contributed by atoms with Crippen LogP contribution < -0.4 is 0 Å². The van der Waals surface area contributed by atoms with Gasteiger partial charge in [0.2, 0.25) is 12.3 Å². The molecule has 0 fully saturated rings. The summed E-state index contributed by atoms with van der Waals surface area (Å²) < 4.78 is 5.12. The Morgan fingerprint density at radius 3 is 2.50 bits per heavy atom. The zero-order valence-corrected chi connectivity index (χ0v) is 11.3. The highest BCUT2D eigenvalue weighted by Gasteiger charge is 2.06. The van der Waals surface area contributed by atoms with Crippen molar-refractivity contribution in [3.63, 3.8) is 0 Å². The van der Waals surface area contributed by atoms with E-state index in [0.29, 0.717) is 5.89 Å². The summed E-state index contributed by atoms with van der Waals surface area (Å²) in [6, 6.07) is 8.86. The molecule has 0 saturated heterocycles. The lowest BCUT2D eigenvalue weighted by Crippen LogP contribution is -1.84. The van der Waals surface area contributed by atoms with E-state index >= 15 is 0 Å². The second-order valence-corrected chi connectivity index (χ2v) is 3.76. The van der Waals surface area contributed by atoms with Gasteiger partial charge in [-0.2, -0.15) is 0 Å². The maximum atomic E-state index is 9.47. The molecule has 0 aliphatic rings. The lowest BCUT2D eigenvalue weighted by atomic mass is 10.1. The van der Waals surface area contributed by atoms with Gasteiger partial charge in [0.15, 0.2) is 0 Å². The fourth-order valence-electron chi connectivity index (χ4n) is 1.70. The minimum Gasteiger partial charge on any atom is -0.508 e. The minimum absolute atomic E-state index is 0.218. The van der Waals surface area contributed by atoms with Crippen LogP contribution in [0.2, 0.25) is 0 Å². The van der Waals surface area contributed by atoms with Crippen LogP contribution in [0.1, 0.15) is 13.8 Å². The Morgan fingerprint density at radius 1 is 1.00 bits per heavy atom. The number of phenolic OH excluding ortho intramolecular Hbond substituents is 1. The summed E-state index contributed by atoms with van der Waals surface area (Å²) in [6.07, 6.45) is 4.64. The lowest BCUT2D eigenvalue weighted by molar-refractivity contribution is 0.475. The molecule has 0 bridgehead atoms. The molecule has 0 radical (unpaired) electrons. The number of benzene rings is 1. The van der Waals surface area contributed by atoms with Gasteiger partial charge in [0.25, 0.3) is 0 Å². The summed E-state index contributed by atoms with van der Waals surface area (Å²) in [5.41, 5.74) is 2.50. The maximum absolute atomic E-state index is 9.47. The van der Waals surface area contributed by atoms with Crippen molar-refractivity contribution in [3.8, 4) is 28.3 Å². The van der Waals surface area contributed by atoms with Gasteiger partial charge in [-0.05, 0) is 23.8 Å². The lowest BCUT2D eigenvalue weighted by Gasteiger charge is -2.03. The van der Waals surface area contributed by atoms with Gasteiger partial charge in [0.1, 0.15) is 5.75 Å². The molecule has 5 nitrogen and oxygen atoms in total. The number of pyridine rings is 1. The summed E-state index contributed by atoms with van der Waals surface area (Å²) >= 11 is 0. The van der Waals surface area contributed by atoms with Crippen molar-refractivity contribution in [2.75, 3.05) is 0 Å². The van der Waals surface area contributed by atoms with E-state index in [1.807, 2.05) is 26.0 Å². The molecule has 0 aliphatic carbocycles. The molecule has 1 N–H and O–H groups in total. The number of phenols is 1. The first-order valence-corrected chi connectivity index (χ1v) is 6.34. The highest BCUT2D eigenvalue weighted by Crippen LogP contribution is 2.26. The van der Waals surface area contributed by atoms with Gasteiger partial charge in [-0.25, -0.2) is 0 Å². The highest BCUT2D eigenvalue weighted by atomic mass is 16.4. The number of nitrogens with zero attached hydrogens (tertiary/aromatic N) is 3. The van der Waals surface area contributed by atoms with Crippen molar-refractivity contribution in [3.05, 3.63) is 49.1 Å². The number of aromatic hydroxyl groups is 1.